The maximum absolute atomic E-state index is 13.8. The van der Waals surface area contributed by atoms with Crippen molar-refractivity contribution in [3.05, 3.63) is 69.9 Å². The molecule has 0 spiro atoms. The number of hydrogen-bond donors (Lipinski definition) is 2. The summed E-state index contributed by atoms with van der Waals surface area (Å²) in [5.41, 5.74) is 4.74. The lowest BCUT2D eigenvalue weighted by atomic mass is 10.0. The fraction of sp³-hybridized carbons (Fsp3) is 0.414. The lowest BCUT2D eigenvalue weighted by molar-refractivity contribution is -0.123. The predicted molar refractivity (Wildman–Crippen MR) is 156 cm³/mol. The van der Waals surface area contributed by atoms with Gasteiger partial charge in [0, 0.05) is 62.5 Å². The van der Waals surface area contributed by atoms with Gasteiger partial charge in [-0.25, -0.2) is 4.79 Å². The van der Waals surface area contributed by atoms with Crippen LogP contribution in [0.1, 0.15) is 40.9 Å². The smallest absolute Gasteiger partial charge is 0.351 e. The van der Waals surface area contributed by atoms with E-state index in [0.29, 0.717) is 42.7 Å². The molecule has 1 saturated heterocycles. The number of piperazine rings is 1. The average Bonchev–Trinajstić information content (AvgIpc) is 3.16. The molecule has 3 aromatic rings. The van der Waals surface area contributed by atoms with Gasteiger partial charge in [0.25, 0.3) is 5.91 Å². The Morgan fingerprint density at radius 3 is 2.62 bits per heavy atom. The third-order valence-corrected chi connectivity index (χ3v) is 7.51. The van der Waals surface area contributed by atoms with Crippen molar-refractivity contribution in [2.45, 2.75) is 33.9 Å². The highest BCUT2D eigenvalue weighted by atomic mass is 35.5. The van der Waals surface area contributed by atoms with Gasteiger partial charge in [0.2, 0.25) is 0 Å². The Labute approximate surface area is 239 Å². The van der Waals surface area contributed by atoms with Gasteiger partial charge in [-0.3, -0.25) is 9.48 Å². The number of carbonyl (C=O) groups excluding carboxylic acids is 2. The van der Waals surface area contributed by atoms with E-state index in [1.165, 1.54) is 0 Å². The number of aryl methyl sites for hydroxylation is 2. The minimum atomic E-state index is -0.475. The van der Waals surface area contributed by atoms with E-state index in [4.69, 9.17) is 16.4 Å². The zero-order valence-corrected chi connectivity index (χ0v) is 24.2. The summed E-state index contributed by atoms with van der Waals surface area (Å²) in [6.45, 7) is 11.2. The number of hydroxylamine groups is 2. The molecule has 1 aromatic heterocycles. The second kappa shape index (κ2) is 11.9. The summed E-state index contributed by atoms with van der Waals surface area (Å²) in [4.78, 5) is 35.9. The van der Waals surface area contributed by atoms with Crippen LogP contribution in [0, 0.1) is 12.8 Å². The zero-order chi connectivity index (χ0) is 28.4. The molecule has 1 fully saturated rings. The van der Waals surface area contributed by atoms with Crippen molar-refractivity contribution in [1.29, 1.82) is 0 Å². The van der Waals surface area contributed by atoms with Gasteiger partial charge in [0.15, 0.2) is 0 Å². The SMILES string of the molecule is Cc1cc(C(=O)N2Cc3cnn(C)c3Nc3cc(Cl)ccc32)ccc1CNC(=O)ON1CCN(CC(C)C)CC1. The van der Waals surface area contributed by atoms with Crippen LogP contribution in [-0.2, 0) is 25.0 Å². The number of nitrogens with one attached hydrogen (secondary N) is 2. The molecule has 40 heavy (non-hydrogen) atoms. The molecule has 2 aromatic carbocycles. The van der Waals surface area contributed by atoms with Gasteiger partial charge >= 0.3 is 6.09 Å². The van der Waals surface area contributed by atoms with Crippen molar-refractivity contribution in [3.63, 3.8) is 0 Å². The molecule has 5 rings (SSSR count). The largest absolute Gasteiger partial charge is 0.426 e. The number of anilines is 3. The fourth-order valence-electron chi connectivity index (χ4n) is 5.19. The number of halogens is 1. The van der Waals surface area contributed by atoms with Gasteiger partial charge in [0.1, 0.15) is 5.82 Å². The van der Waals surface area contributed by atoms with E-state index in [2.05, 4.69) is 34.5 Å². The second-order valence-electron chi connectivity index (χ2n) is 10.8. The van der Waals surface area contributed by atoms with E-state index < -0.39 is 6.09 Å². The number of fused-ring (bicyclic) bond motifs is 2. The lowest BCUT2D eigenvalue weighted by Gasteiger charge is -2.34. The third-order valence-electron chi connectivity index (χ3n) is 7.27. The van der Waals surface area contributed by atoms with Gasteiger partial charge in [-0.15, -0.1) is 5.06 Å². The van der Waals surface area contributed by atoms with Crippen LogP contribution < -0.4 is 15.5 Å². The van der Waals surface area contributed by atoms with Gasteiger partial charge < -0.3 is 25.3 Å². The van der Waals surface area contributed by atoms with Crippen LogP contribution in [0.15, 0.2) is 42.6 Å². The van der Waals surface area contributed by atoms with Crippen LogP contribution >= 0.6 is 11.6 Å². The molecule has 2 N–H and O–H groups in total. The first-order valence-corrected chi connectivity index (χ1v) is 14.0. The number of aromatic nitrogens is 2. The fourth-order valence-corrected chi connectivity index (χ4v) is 5.36. The van der Waals surface area contributed by atoms with Crippen LogP contribution in [0.3, 0.4) is 0 Å². The second-order valence-corrected chi connectivity index (χ2v) is 11.3. The molecule has 2 aliphatic rings. The Hall–Kier alpha value is -3.60. The summed E-state index contributed by atoms with van der Waals surface area (Å²) in [6.07, 6.45) is 1.29. The summed E-state index contributed by atoms with van der Waals surface area (Å²) in [5, 5.41) is 12.9. The van der Waals surface area contributed by atoms with Crippen LogP contribution in [-0.4, -0.2) is 64.5 Å². The van der Waals surface area contributed by atoms with Crippen molar-refractivity contribution in [1.82, 2.24) is 25.1 Å². The summed E-state index contributed by atoms with van der Waals surface area (Å²) >= 11 is 6.27. The number of benzene rings is 2. The maximum atomic E-state index is 13.8. The molecular formula is C29H36ClN7O3. The molecule has 212 valence electrons. The topological polar surface area (TPSA) is 95.0 Å². The molecule has 2 amide bonds. The number of hydrogen-bond acceptors (Lipinski definition) is 7. The minimum absolute atomic E-state index is 0.138. The Morgan fingerprint density at radius 1 is 1.12 bits per heavy atom. The third kappa shape index (κ3) is 6.24. The number of rotatable bonds is 6. The van der Waals surface area contributed by atoms with Gasteiger partial charge in [-0.2, -0.15) is 5.10 Å². The highest BCUT2D eigenvalue weighted by Gasteiger charge is 2.27. The van der Waals surface area contributed by atoms with Crippen molar-refractivity contribution >= 4 is 40.8 Å². The number of amides is 2. The Kier molecular flexibility index (Phi) is 8.30. The van der Waals surface area contributed by atoms with E-state index in [-0.39, 0.29) is 5.91 Å². The Morgan fingerprint density at radius 2 is 1.90 bits per heavy atom. The van der Waals surface area contributed by atoms with Gasteiger partial charge in [-0.05, 0) is 54.3 Å². The van der Waals surface area contributed by atoms with Crippen molar-refractivity contribution < 1.29 is 14.4 Å². The molecule has 0 atom stereocenters. The monoisotopic (exact) mass is 565 g/mol. The van der Waals surface area contributed by atoms with E-state index >= 15 is 0 Å². The van der Waals surface area contributed by atoms with Crippen molar-refractivity contribution in [2.75, 3.05) is 42.9 Å². The molecule has 3 heterocycles. The van der Waals surface area contributed by atoms with Crippen molar-refractivity contribution in [2.24, 2.45) is 13.0 Å². The Balaban J connectivity index is 1.23. The normalized spacial score (nSPS) is 15.7. The average molecular weight is 566 g/mol. The summed E-state index contributed by atoms with van der Waals surface area (Å²) in [7, 11) is 1.85. The molecule has 10 nitrogen and oxygen atoms in total. The van der Waals surface area contributed by atoms with Gasteiger partial charge in [-0.1, -0.05) is 31.5 Å². The van der Waals surface area contributed by atoms with Crippen LogP contribution in [0.4, 0.5) is 22.0 Å². The first-order valence-electron chi connectivity index (χ1n) is 13.6. The molecule has 11 heteroatoms. The van der Waals surface area contributed by atoms with Gasteiger partial charge in [0.05, 0.1) is 24.1 Å². The quantitative estimate of drug-likeness (QED) is 0.447. The van der Waals surface area contributed by atoms with Crippen LogP contribution in [0.25, 0.3) is 0 Å². The maximum Gasteiger partial charge on any atom is 0.426 e. The highest BCUT2D eigenvalue weighted by molar-refractivity contribution is 6.31. The van der Waals surface area contributed by atoms with E-state index in [1.54, 1.807) is 33.0 Å². The number of nitrogens with zero attached hydrogens (tertiary/aromatic N) is 5. The van der Waals surface area contributed by atoms with E-state index in [9.17, 15) is 9.59 Å². The molecule has 2 aliphatic heterocycles. The highest BCUT2D eigenvalue weighted by Crippen LogP contribution is 2.38. The summed E-state index contributed by atoms with van der Waals surface area (Å²) in [5.74, 6) is 1.30. The first-order chi connectivity index (χ1) is 19.2. The number of carbonyl (C=O) groups is 2. The summed E-state index contributed by atoms with van der Waals surface area (Å²) < 4.78 is 1.75. The molecule has 0 aliphatic carbocycles. The standard InChI is InChI=1S/C29H36ClN7O3/c1-19(2)17-35-9-11-36(12-10-35)40-29(39)31-15-22-6-5-21(13-20(22)3)28(38)37-18-23-16-32-34(4)27(23)33-25-14-24(30)7-8-26(25)37/h5-8,13-14,16,19,33H,9-12,15,17-18H2,1-4H3,(H,31,39). The first kappa shape index (κ1) is 27.9. The van der Waals surface area contributed by atoms with Crippen molar-refractivity contribution in [3.8, 4) is 0 Å². The summed E-state index contributed by atoms with van der Waals surface area (Å²) in [6, 6.07) is 11.0. The lowest BCUT2D eigenvalue weighted by Crippen LogP contribution is -2.48. The molecule has 0 radical (unpaired) electrons. The zero-order valence-electron chi connectivity index (χ0n) is 23.4. The molecule has 0 unspecified atom stereocenters. The van der Waals surface area contributed by atoms with Crippen LogP contribution in [0.2, 0.25) is 5.02 Å². The minimum Gasteiger partial charge on any atom is -0.351 e. The van der Waals surface area contributed by atoms with E-state index in [0.717, 1.165) is 53.5 Å². The predicted octanol–water partition coefficient (Wildman–Crippen LogP) is 4.70. The van der Waals surface area contributed by atoms with Crippen LogP contribution in [0.5, 0.6) is 0 Å². The molecule has 0 saturated carbocycles. The molecular weight excluding hydrogens is 530 g/mol. The molecule has 0 bridgehead atoms. The Bertz CT molecular complexity index is 1400. The van der Waals surface area contributed by atoms with E-state index in [1.807, 2.05) is 38.2 Å².